The Balaban J connectivity index is 1.88. The summed E-state index contributed by atoms with van der Waals surface area (Å²) in [6, 6.07) is 2.34. The van der Waals surface area contributed by atoms with Gasteiger partial charge in [0.15, 0.2) is 5.82 Å². The van der Waals surface area contributed by atoms with Gasteiger partial charge in [-0.15, -0.1) is 0 Å². The first-order valence-corrected chi connectivity index (χ1v) is 7.73. The Bertz CT molecular complexity index is 980. The van der Waals surface area contributed by atoms with Gasteiger partial charge in [-0.2, -0.15) is 13.2 Å². The first-order valence-electron chi connectivity index (χ1n) is 7.73. The van der Waals surface area contributed by atoms with Gasteiger partial charge in [0.2, 0.25) is 0 Å². The maximum atomic E-state index is 12.9. The average Bonchev–Trinajstić information content (AvgIpc) is 3.32. The number of nitrogen functional groups attached to an aromatic ring is 1. The molecule has 0 radical (unpaired) electrons. The molecule has 1 fully saturated rings. The Labute approximate surface area is 141 Å². The molecule has 3 aromatic heterocycles. The molecular formula is C17H14F3N5. The van der Waals surface area contributed by atoms with Crippen LogP contribution in [0.15, 0.2) is 30.7 Å². The molecule has 0 amide bonds. The average molecular weight is 345 g/mol. The SMILES string of the molecule is CC1(c2cncc3nc(-c4ccnc(C(F)(F)F)c4)nc(N)c23)CC1. The van der Waals surface area contributed by atoms with Crippen molar-refractivity contribution in [3.63, 3.8) is 0 Å². The van der Waals surface area contributed by atoms with Crippen molar-refractivity contribution in [2.24, 2.45) is 0 Å². The molecule has 0 unspecified atom stereocenters. The molecule has 0 atom stereocenters. The summed E-state index contributed by atoms with van der Waals surface area (Å²) in [7, 11) is 0. The summed E-state index contributed by atoms with van der Waals surface area (Å²) in [5.41, 5.74) is 6.87. The molecule has 4 rings (SSSR count). The molecule has 2 N–H and O–H groups in total. The number of fused-ring (bicyclic) bond motifs is 1. The highest BCUT2D eigenvalue weighted by Gasteiger charge is 2.41. The van der Waals surface area contributed by atoms with E-state index in [0.29, 0.717) is 5.52 Å². The van der Waals surface area contributed by atoms with E-state index in [2.05, 4.69) is 26.9 Å². The summed E-state index contributed by atoms with van der Waals surface area (Å²) in [4.78, 5) is 16.2. The van der Waals surface area contributed by atoms with Crippen molar-refractivity contribution in [3.8, 4) is 11.4 Å². The van der Waals surface area contributed by atoms with E-state index in [1.54, 1.807) is 12.4 Å². The van der Waals surface area contributed by atoms with E-state index in [0.717, 1.165) is 36.1 Å². The summed E-state index contributed by atoms with van der Waals surface area (Å²) in [6.07, 6.45) is 1.94. The molecule has 25 heavy (non-hydrogen) atoms. The zero-order chi connectivity index (χ0) is 17.8. The predicted molar refractivity (Wildman–Crippen MR) is 86.6 cm³/mol. The quantitative estimate of drug-likeness (QED) is 0.765. The van der Waals surface area contributed by atoms with Gasteiger partial charge in [0, 0.05) is 23.3 Å². The minimum atomic E-state index is -4.53. The maximum absolute atomic E-state index is 12.9. The highest BCUT2D eigenvalue weighted by molar-refractivity contribution is 5.93. The zero-order valence-electron chi connectivity index (χ0n) is 13.3. The molecule has 1 aliphatic rings. The van der Waals surface area contributed by atoms with E-state index in [1.807, 2.05) is 0 Å². The number of anilines is 1. The molecule has 0 saturated heterocycles. The van der Waals surface area contributed by atoms with Gasteiger partial charge >= 0.3 is 6.18 Å². The van der Waals surface area contributed by atoms with Crippen LogP contribution in [0.1, 0.15) is 31.0 Å². The van der Waals surface area contributed by atoms with Crippen molar-refractivity contribution in [1.82, 2.24) is 19.9 Å². The topological polar surface area (TPSA) is 77.6 Å². The highest BCUT2D eigenvalue weighted by atomic mass is 19.4. The fourth-order valence-electron chi connectivity index (χ4n) is 2.88. The molecule has 0 aromatic carbocycles. The lowest BCUT2D eigenvalue weighted by Crippen LogP contribution is -2.09. The van der Waals surface area contributed by atoms with Crippen LogP contribution in [0.5, 0.6) is 0 Å². The summed E-state index contributed by atoms with van der Waals surface area (Å²) in [6.45, 7) is 2.12. The van der Waals surface area contributed by atoms with Crippen molar-refractivity contribution in [3.05, 3.63) is 42.0 Å². The third-order valence-electron chi connectivity index (χ3n) is 4.59. The second kappa shape index (κ2) is 5.11. The number of nitrogens with two attached hydrogens (primary N) is 1. The Hall–Kier alpha value is -2.77. The minimum absolute atomic E-state index is 0.0195. The number of halogens is 3. The van der Waals surface area contributed by atoms with Gasteiger partial charge < -0.3 is 5.73 Å². The number of nitrogens with zero attached hydrogens (tertiary/aromatic N) is 4. The third-order valence-corrected chi connectivity index (χ3v) is 4.59. The van der Waals surface area contributed by atoms with Crippen LogP contribution in [-0.4, -0.2) is 19.9 Å². The van der Waals surface area contributed by atoms with Gasteiger partial charge in [-0.3, -0.25) is 9.97 Å². The van der Waals surface area contributed by atoms with Crippen molar-refractivity contribution < 1.29 is 13.2 Å². The Morgan fingerprint density at radius 2 is 1.92 bits per heavy atom. The highest BCUT2D eigenvalue weighted by Crippen LogP contribution is 2.50. The molecule has 3 heterocycles. The van der Waals surface area contributed by atoms with Gasteiger partial charge in [-0.25, -0.2) is 9.97 Å². The molecule has 3 aromatic rings. The molecule has 5 nitrogen and oxygen atoms in total. The third kappa shape index (κ3) is 2.67. The molecule has 0 aliphatic heterocycles. The molecule has 0 spiro atoms. The van der Waals surface area contributed by atoms with Crippen LogP contribution >= 0.6 is 0 Å². The maximum Gasteiger partial charge on any atom is 0.433 e. The fourth-order valence-corrected chi connectivity index (χ4v) is 2.88. The monoisotopic (exact) mass is 345 g/mol. The molecule has 8 heteroatoms. The summed E-state index contributed by atoms with van der Waals surface area (Å²) < 4.78 is 38.6. The number of alkyl halides is 3. The van der Waals surface area contributed by atoms with Crippen LogP contribution in [0.2, 0.25) is 0 Å². The molecule has 1 saturated carbocycles. The molecule has 128 valence electrons. The Kier molecular flexibility index (Phi) is 3.22. The lowest BCUT2D eigenvalue weighted by atomic mass is 9.96. The van der Waals surface area contributed by atoms with Gasteiger partial charge in [-0.05, 0) is 36.0 Å². The van der Waals surface area contributed by atoms with Crippen LogP contribution in [0.4, 0.5) is 19.0 Å². The molecule has 1 aliphatic carbocycles. The standard InChI is InChI=1S/C17H14F3N5/c1-16(3-4-16)10-7-22-8-11-13(10)14(21)25-15(24-11)9-2-5-23-12(6-9)17(18,19)20/h2,5-8H,3-4H2,1H3,(H2,21,24,25). The van der Waals surface area contributed by atoms with Crippen molar-refractivity contribution in [1.29, 1.82) is 0 Å². The summed E-state index contributed by atoms with van der Waals surface area (Å²) in [5, 5.41) is 0.726. The lowest BCUT2D eigenvalue weighted by Gasteiger charge is -2.14. The van der Waals surface area contributed by atoms with E-state index in [9.17, 15) is 13.2 Å². The van der Waals surface area contributed by atoms with E-state index in [-0.39, 0.29) is 22.6 Å². The van der Waals surface area contributed by atoms with Crippen molar-refractivity contribution >= 4 is 16.7 Å². The van der Waals surface area contributed by atoms with Crippen LogP contribution in [-0.2, 0) is 11.6 Å². The summed E-state index contributed by atoms with van der Waals surface area (Å²) >= 11 is 0. The van der Waals surface area contributed by atoms with Crippen molar-refractivity contribution in [2.75, 3.05) is 5.73 Å². The van der Waals surface area contributed by atoms with E-state index in [1.165, 1.54) is 6.07 Å². The second-order valence-electron chi connectivity index (χ2n) is 6.50. The largest absolute Gasteiger partial charge is 0.433 e. The number of pyridine rings is 2. The number of hydrogen-bond acceptors (Lipinski definition) is 5. The van der Waals surface area contributed by atoms with Gasteiger partial charge in [-0.1, -0.05) is 6.92 Å². The number of aromatic nitrogens is 4. The summed E-state index contributed by atoms with van der Waals surface area (Å²) in [5.74, 6) is 0.369. The van der Waals surface area contributed by atoms with E-state index < -0.39 is 11.9 Å². The fraction of sp³-hybridized carbons (Fsp3) is 0.294. The Morgan fingerprint density at radius 1 is 1.16 bits per heavy atom. The number of hydrogen-bond donors (Lipinski definition) is 1. The zero-order valence-corrected chi connectivity index (χ0v) is 13.3. The molecule has 0 bridgehead atoms. The van der Waals surface area contributed by atoms with Crippen LogP contribution in [0, 0.1) is 0 Å². The second-order valence-corrected chi connectivity index (χ2v) is 6.50. The van der Waals surface area contributed by atoms with Gasteiger partial charge in [0.05, 0.1) is 11.7 Å². The van der Waals surface area contributed by atoms with E-state index in [4.69, 9.17) is 5.73 Å². The first kappa shape index (κ1) is 15.7. The van der Waals surface area contributed by atoms with E-state index >= 15 is 0 Å². The van der Waals surface area contributed by atoms with Gasteiger partial charge in [0.25, 0.3) is 0 Å². The minimum Gasteiger partial charge on any atom is -0.383 e. The van der Waals surface area contributed by atoms with Gasteiger partial charge in [0.1, 0.15) is 11.5 Å². The van der Waals surface area contributed by atoms with Crippen LogP contribution in [0.25, 0.3) is 22.3 Å². The van der Waals surface area contributed by atoms with Crippen LogP contribution < -0.4 is 5.73 Å². The van der Waals surface area contributed by atoms with Crippen molar-refractivity contribution in [2.45, 2.75) is 31.4 Å². The lowest BCUT2D eigenvalue weighted by molar-refractivity contribution is -0.141. The van der Waals surface area contributed by atoms with Crippen LogP contribution in [0.3, 0.4) is 0 Å². The Morgan fingerprint density at radius 3 is 2.60 bits per heavy atom. The predicted octanol–water partition coefficient (Wildman–Crippen LogP) is 3.74. The smallest absolute Gasteiger partial charge is 0.383 e. The molecular weight excluding hydrogens is 331 g/mol. The normalized spacial score (nSPS) is 16.2. The number of rotatable bonds is 2. The first-order chi connectivity index (χ1) is 11.8.